The van der Waals surface area contributed by atoms with Gasteiger partial charge >= 0.3 is 11.9 Å². The smallest absolute Gasteiger partial charge is 0.307 e. The second-order valence-electron chi connectivity index (χ2n) is 14.3. The molecule has 0 spiro atoms. The molecule has 0 saturated heterocycles. The van der Waals surface area contributed by atoms with Crippen molar-refractivity contribution < 1.29 is 19.1 Å². The first-order chi connectivity index (χ1) is 23.3. The molecular formula is C40H76N4O4. The molecule has 0 aromatic carbocycles. The van der Waals surface area contributed by atoms with E-state index in [9.17, 15) is 9.59 Å². The average Bonchev–Trinajstić information content (AvgIpc) is 3.52. The van der Waals surface area contributed by atoms with Crippen LogP contribution >= 0.6 is 0 Å². The number of hydrogen-bond acceptors (Lipinski definition) is 7. The van der Waals surface area contributed by atoms with Crippen molar-refractivity contribution in [2.45, 2.75) is 194 Å². The van der Waals surface area contributed by atoms with E-state index < -0.39 is 0 Å². The van der Waals surface area contributed by atoms with Crippen molar-refractivity contribution in [3.63, 3.8) is 0 Å². The van der Waals surface area contributed by atoms with E-state index in [0.29, 0.717) is 32.5 Å². The number of aromatic nitrogens is 2. The first-order valence-corrected chi connectivity index (χ1v) is 20.1. The van der Waals surface area contributed by atoms with E-state index in [-0.39, 0.29) is 24.1 Å². The van der Waals surface area contributed by atoms with Crippen molar-refractivity contribution >= 4 is 11.9 Å². The van der Waals surface area contributed by atoms with Crippen molar-refractivity contribution in [1.82, 2.24) is 19.6 Å². The van der Waals surface area contributed by atoms with Crippen LogP contribution in [-0.2, 0) is 32.2 Å². The van der Waals surface area contributed by atoms with E-state index >= 15 is 0 Å². The fourth-order valence-electron chi connectivity index (χ4n) is 6.15. The summed E-state index contributed by atoms with van der Waals surface area (Å²) in [5.74, 6) is -0.253. The minimum Gasteiger partial charge on any atom is -0.462 e. The minimum atomic E-state index is -0.127. The van der Waals surface area contributed by atoms with Gasteiger partial charge in [0.05, 0.1) is 25.6 Å². The molecule has 8 nitrogen and oxygen atoms in total. The Morgan fingerprint density at radius 1 is 0.646 bits per heavy atom. The molecule has 2 atom stereocenters. The van der Waals surface area contributed by atoms with Crippen molar-refractivity contribution in [2.24, 2.45) is 0 Å². The number of unbranched alkanes of at least 4 members (excludes halogenated alkanes) is 12. The molecule has 1 aromatic rings. The van der Waals surface area contributed by atoms with Crippen LogP contribution in [0, 0.1) is 0 Å². The summed E-state index contributed by atoms with van der Waals surface area (Å²) in [5.41, 5.74) is 1.09. The maximum absolute atomic E-state index is 13.1. The van der Waals surface area contributed by atoms with Crippen molar-refractivity contribution in [2.75, 3.05) is 33.7 Å². The minimum absolute atomic E-state index is 0.00986. The Morgan fingerprint density at radius 3 is 1.50 bits per heavy atom. The Hall–Kier alpha value is -1.93. The molecule has 0 N–H and O–H groups in total. The average molecular weight is 677 g/mol. The summed E-state index contributed by atoms with van der Waals surface area (Å²) in [6.07, 6.45) is 27.5. The third-order valence-electron chi connectivity index (χ3n) is 9.25. The number of nitrogens with zero attached hydrogens (tertiary/aromatic N) is 4. The normalized spacial score (nSPS) is 12.9. The summed E-state index contributed by atoms with van der Waals surface area (Å²) in [5, 5.41) is 4.56. The van der Waals surface area contributed by atoms with Crippen LogP contribution in [0.1, 0.15) is 175 Å². The lowest BCUT2D eigenvalue weighted by Crippen LogP contribution is -2.31. The molecule has 8 heteroatoms. The second-order valence-corrected chi connectivity index (χ2v) is 14.3. The SMILES string of the molecule is CCCCCCCC(CCCCC)OC(=O)CCN(CCC(=O)OC(CCCCC)CCCCCCC)Cc1cnn(CCN(C)C)c1. The van der Waals surface area contributed by atoms with Gasteiger partial charge < -0.3 is 14.4 Å². The molecule has 0 radical (unpaired) electrons. The molecule has 48 heavy (non-hydrogen) atoms. The highest BCUT2D eigenvalue weighted by atomic mass is 16.5. The lowest BCUT2D eigenvalue weighted by Gasteiger charge is -2.23. The first-order valence-electron chi connectivity index (χ1n) is 20.1. The Balaban J connectivity index is 2.81. The third-order valence-corrected chi connectivity index (χ3v) is 9.25. The summed E-state index contributed by atoms with van der Waals surface area (Å²) < 4.78 is 14.1. The zero-order chi connectivity index (χ0) is 35.2. The molecule has 2 unspecified atom stereocenters. The predicted octanol–water partition coefficient (Wildman–Crippen LogP) is 9.73. The summed E-state index contributed by atoms with van der Waals surface area (Å²) >= 11 is 0. The van der Waals surface area contributed by atoms with Gasteiger partial charge in [0.1, 0.15) is 12.2 Å². The zero-order valence-corrected chi connectivity index (χ0v) is 32.3. The summed E-state index contributed by atoms with van der Waals surface area (Å²) in [6, 6.07) is 0. The van der Waals surface area contributed by atoms with Crippen LogP contribution in [0.2, 0.25) is 0 Å². The van der Waals surface area contributed by atoms with Crippen molar-refractivity contribution in [3.05, 3.63) is 18.0 Å². The zero-order valence-electron chi connectivity index (χ0n) is 32.3. The van der Waals surface area contributed by atoms with Gasteiger partial charge in [0.15, 0.2) is 0 Å². The molecule has 0 aliphatic rings. The van der Waals surface area contributed by atoms with E-state index in [4.69, 9.17) is 9.47 Å². The van der Waals surface area contributed by atoms with Crippen LogP contribution in [0.5, 0.6) is 0 Å². The summed E-state index contributed by atoms with van der Waals surface area (Å²) in [7, 11) is 4.12. The summed E-state index contributed by atoms with van der Waals surface area (Å²) in [6.45, 7) is 12.4. The van der Waals surface area contributed by atoms with Crippen LogP contribution in [-0.4, -0.2) is 77.5 Å². The Kier molecular flexibility index (Phi) is 27.5. The molecule has 0 saturated carbocycles. The summed E-state index contributed by atoms with van der Waals surface area (Å²) in [4.78, 5) is 30.6. The van der Waals surface area contributed by atoms with E-state index in [2.05, 4.69) is 62.9 Å². The number of carbonyl (C=O) groups excluding carboxylic acids is 2. The Bertz CT molecular complexity index is 860. The number of esters is 2. The van der Waals surface area contributed by atoms with E-state index in [1.165, 1.54) is 77.0 Å². The molecular weight excluding hydrogens is 600 g/mol. The Labute approximate surface area is 296 Å². The largest absolute Gasteiger partial charge is 0.462 e. The number of carbonyl (C=O) groups is 2. The van der Waals surface area contributed by atoms with Gasteiger partial charge in [0, 0.05) is 37.9 Å². The first kappa shape index (κ1) is 44.1. The maximum atomic E-state index is 13.1. The fraction of sp³-hybridized carbons (Fsp3) is 0.875. The van der Waals surface area contributed by atoms with Gasteiger partial charge in [-0.05, 0) is 65.5 Å². The lowest BCUT2D eigenvalue weighted by atomic mass is 10.0. The highest BCUT2D eigenvalue weighted by molar-refractivity contribution is 5.70. The lowest BCUT2D eigenvalue weighted by molar-refractivity contribution is -0.150. The molecule has 0 amide bonds. The van der Waals surface area contributed by atoms with E-state index in [1.807, 2.05) is 10.9 Å². The number of rotatable bonds is 33. The van der Waals surface area contributed by atoms with E-state index in [1.54, 1.807) is 0 Å². The van der Waals surface area contributed by atoms with E-state index in [0.717, 1.165) is 70.0 Å². The molecule has 1 rings (SSSR count). The monoisotopic (exact) mass is 677 g/mol. The van der Waals surface area contributed by atoms with Gasteiger partial charge in [-0.25, -0.2) is 0 Å². The van der Waals surface area contributed by atoms with Crippen LogP contribution in [0.4, 0.5) is 0 Å². The van der Waals surface area contributed by atoms with Gasteiger partial charge in [-0.15, -0.1) is 0 Å². The maximum Gasteiger partial charge on any atom is 0.307 e. The number of ether oxygens (including phenoxy) is 2. The molecule has 0 fully saturated rings. The molecule has 1 heterocycles. The molecule has 0 aliphatic carbocycles. The number of hydrogen-bond donors (Lipinski definition) is 0. The predicted molar refractivity (Wildman–Crippen MR) is 200 cm³/mol. The van der Waals surface area contributed by atoms with Crippen LogP contribution in [0.25, 0.3) is 0 Å². The molecule has 1 aromatic heterocycles. The second kappa shape index (κ2) is 29.9. The van der Waals surface area contributed by atoms with Crippen molar-refractivity contribution in [1.29, 1.82) is 0 Å². The molecule has 0 bridgehead atoms. The molecule has 280 valence electrons. The topological polar surface area (TPSA) is 76.9 Å². The quantitative estimate of drug-likeness (QED) is 0.0542. The van der Waals surface area contributed by atoms with Crippen LogP contribution in [0.15, 0.2) is 12.4 Å². The van der Waals surface area contributed by atoms with Crippen LogP contribution < -0.4 is 0 Å². The standard InChI is InChI=1S/C40H76N4O4/c1-7-11-15-17-21-25-37(23-19-13-9-3)47-39(45)27-29-43(34-36-33-41-44(35-36)32-31-42(5)6)30-28-40(46)48-38(24-20-14-10-4)26-22-18-16-12-8-2/h33,35,37-38H,7-32,34H2,1-6H3. The highest BCUT2D eigenvalue weighted by Crippen LogP contribution is 2.18. The van der Waals surface area contributed by atoms with Gasteiger partial charge in [-0.3, -0.25) is 19.2 Å². The third kappa shape index (κ3) is 24.2. The number of likely N-dealkylation sites (N-methyl/N-ethyl adjacent to an activating group) is 1. The van der Waals surface area contributed by atoms with Gasteiger partial charge in [0.2, 0.25) is 0 Å². The highest BCUT2D eigenvalue weighted by Gasteiger charge is 2.19. The Morgan fingerprint density at radius 2 is 1.06 bits per heavy atom. The fourth-order valence-corrected chi connectivity index (χ4v) is 6.15. The van der Waals surface area contributed by atoms with Crippen molar-refractivity contribution in [3.8, 4) is 0 Å². The molecule has 0 aliphatic heterocycles. The van der Waals surface area contributed by atoms with Crippen LogP contribution in [0.3, 0.4) is 0 Å². The van der Waals surface area contributed by atoms with Gasteiger partial charge in [-0.2, -0.15) is 5.10 Å². The van der Waals surface area contributed by atoms with Gasteiger partial charge in [-0.1, -0.05) is 105 Å². The van der Waals surface area contributed by atoms with Gasteiger partial charge in [0.25, 0.3) is 0 Å².